The Morgan fingerprint density at radius 1 is 1.30 bits per heavy atom. The van der Waals surface area contributed by atoms with E-state index in [1.807, 2.05) is 0 Å². The molecular weight excluding hydrogens is 297 g/mol. The van der Waals surface area contributed by atoms with Crippen LogP contribution in [0.25, 0.3) is 0 Å². The number of amides is 1. The van der Waals surface area contributed by atoms with Crippen molar-refractivity contribution in [1.29, 1.82) is 0 Å². The van der Waals surface area contributed by atoms with Crippen LogP contribution in [0, 0.1) is 5.92 Å². The quantitative estimate of drug-likeness (QED) is 0.813. The summed E-state index contributed by atoms with van der Waals surface area (Å²) in [7, 11) is 0. The molecule has 1 N–H and O–H groups in total. The predicted molar refractivity (Wildman–Crippen MR) is 83.6 cm³/mol. The van der Waals surface area contributed by atoms with Crippen molar-refractivity contribution in [1.82, 2.24) is 5.32 Å². The zero-order valence-electron chi connectivity index (χ0n) is 12.1. The highest BCUT2D eigenvalue weighted by Crippen LogP contribution is 2.28. The Morgan fingerprint density at radius 2 is 1.95 bits per heavy atom. The van der Waals surface area contributed by atoms with Crippen LogP contribution < -0.4 is 10.1 Å². The van der Waals surface area contributed by atoms with E-state index in [2.05, 4.69) is 19.2 Å². The summed E-state index contributed by atoms with van der Waals surface area (Å²) in [5.74, 6) is 0.828. The fraction of sp³-hybridized carbons (Fsp3) is 0.533. The minimum Gasteiger partial charge on any atom is -0.479 e. The summed E-state index contributed by atoms with van der Waals surface area (Å²) in [4.78, 5) is 12.0. The molecule has 0 aromatic heterocycles. The maximum absolute atomic E-state index is 12.0. The third-order valence-corrected chi connectivity index (χ3v) is 3.82. The number of nitrogens with one attached hydrogen (secondary N) is 1. The Labute approximate surface area is 130 Å². The lowest BCUT2D eigenvalue weighted by Gasteiger charge is -2.18. The van der Waals surface area contributed by atoms with Gasteiger partial charge in [0.25, 0.3) is 5.91 Å². The second-order valence-electron chi connectivity index (χ2n) is 4.76. The molecule has 0 spiro atoms. The van der Waals surface area contributed by atoms with E-state index in [9.17, 15) is 4.79 Å². The van der Waals surface area contributed by atoms with Gasteiger partial charge in [-0.1, -0.05) is 49.9 Å². The van der Waals surface area contributed by atoms with Crippen LogP contribution in [0.3, 0.4) is 0 Å². The first kappa shape index (κ1) is 17.1. The van der Waals surface area contributed by atoms with Gasteiger partial charge in [0.1, 0.15) is 5.75 Å². The van der Waals surface area contributed by atoms with Gasteiger partial charge in [-0.15, -0.1) is 0 Å². The van der Waals surface area contributed by atoms with Crippen molar-refractivity contribution in [2.75, 3.05) is 6.54 Å². The van der Waals surface area contributed by atoms with E-state index in [0.717, 1.165) is 12.8 Å². The highest BCUT2D eigenvalue weighted by Gasteiger charge is 2.17. The van der Waals surface area contributed by atoms with E-state index in [0.29, 0.717) is 28.3 Å². The highest BCUT2D eigenvalue weighted by molar-refractivity contribution is 6.35. The third kappa shape index (κ3) is 5.22. The molecular formula is C15H21Cl2NO2. The summed E-state index contributed by atoms with van der Waals surface area (Å²) >= 11 is 11.8. The Balaban J connectivity index is 2.53. The van der Waals surface area contributed by atoms with E-state index in [1.54, 1.807) is 25.1 Å². The molecule has 1 atom stereocenters. The Morgan fingerprint density at radius 3 is 2.50 bits per heavy atom. The average Bonchev–Trinajstić information content (AvgIpc) is 2.42. The maximum Gasteiger partial charge on any atom is 0.260 e. The summed E-state index contributed by atoms with van der Waals surface area (Å²) in [6.07, 6.45) is 1.51. The Kier molecular flexibility index (Phi) is 7.17. The van der Waals surface area contributed by atoms with Crippen LogP contribution in [-0.2, 0) is 4.79 Å². The van der Waals surface area contributed by atoms with Crippen LogP contribution in [-0.4, -0.2) is 18.6 Å². The summed E-state index contributed by atoms with van der Waals surface area (Å²) in [6.45, 7) is 6.61. The van der Waals surface area contributed by atoms with Crippen molar-refractivity contribution in [3.05, 3.63) is 28.2 Å². The van der Waals surface area contributed by atoms with Crippen molar-refractivity contribution in [2.45, 2.75) is 39.7 Å². The van der Waals surface area contributed by atoms with Gasteiger partial charge in [0.05, 0.1) is 5.02 Å². The molecule has 0 aliphatic carbocycles. The summed E-state index contributed by atoms with van der Waals surface area (Å²) < 4.78 is 5.56. The van der Waals surface area contributed by atoms with Crippen LogP contribution in [0.15, 0.2) is 18.2 Å². The molecule has 3 nitrogen and oxygen atoms in total. The van der Waals surface area contributed by atoms with Gasteiger partial charge in [0.15, 0.2) is 6.10 Å². The highest BCUT2D eigenvalue weighted by atomic mass is 35.5. The summed E-state index contributed by atoms with van der Waals surface area (Å²) in [6, 6.07) is 4.93. The first-order valence-electron chi connectivity index (χ1n) is 6.87. The van der Waals surface area contributed by atoms with Crippen LogP contribution in [0.5, 0.6) is 5.75 Å². The van der Waals surface area contributed by atoms with Crippen molar-refractivity contribution in [2.24, 2.45) is 5.92 Å². The summed E-state index contributed by atoms with van der Waals surface area (Å²) in [5.41, 5.74) is 0. The van der Waals surface area contributed by atoms with E-state index in [4.69, 9.17) is 27.9 Å². The first-order valence-corrected chi connectivity index (χ1v) is 7.62. The molecule has 0 fully saturated rings. The van der Waals surface area contributed by atoms with Gasteiger partial charge in [0, 0.05) is 11.6 Å². The zero-order chi connectivity index (χ0) is 15.1. The number of hydrogen-bond acceptors (Lipinski definition) is 2. The first-order chi connectivity index (χ1) is 9.47. The number of benzene rings is 1. The van der Waals surface area contributed by atoms with Gasteiger partial charge >= 0.3 is 0 Å². The molecule has 0 bridgehead atoms. The molecule has 20 heavy (non-hydrogen) atoms. The van der Waals surface area contributed by atoms with E-state index in [-0.39, 0.29) is 5.91 Å². The molecule has 0 radical (unpaired) electrons. The van der Waals surface area contributed by atoms with Crippen molar-refractivity contribution >= 4 is 29.1 Å². The van der Waals surface area contributed by atoms with Gasteiger partial charge < -0.3 is 10.1 Å². The molecule has 112 valence electrons. The zero-order valence-corrected chi connectivity index (χ0v) is 13.6. The fourth-order valence-corrected chi connectivity index (χ4v) is 2.23. The molecule has 1 aromatic carbocycles. The molecule has 1 unspecified atom stereocenters. The molecule has 1 aromatic rings. The normalized spacial score (nSPS) is 12.3. The second-order valence-corrected chi connectivity index (χ2v) is 5.61. The molecule has 0 aliphatic heterocycles. The van der Waals surface area contributed by atoms with Crippen LogP contribution >= 0.6 is 23.2 Å². The van der Waals surface area contributed by atoms with Crippen molar-refractivity contribution in [3.8, 4) is 5.75 Å². The maximum atomic E-state index is 12.0. The van der Waals surface area contributed by atoms with Gasteiger partial charge in [-0.3, -0.25) is 4.79 Å². The number of rotatable bonds is 7. The third-order valence-electron chi connectivity index (χ3n) is 3.29. The molecule has 0 saturated heterocycles. The van der Waals surface area contributed by atoms with Crippen molar-refractivity contribution < 1.29 is 9.53 Å². The van der Waals surface area contributed by atoms with E-state index < -0.39 is 6.10 Å². The van der Waals surface area contributed by atoms with Crippen LogP contribution in [0.2, 0.25) is 10.0 Å². The van der Waals surface area contributed by atoms with E-state index >= 15 is 0 Å². The molecule has 1 rings (SSSR count). The molecule has 5 heteroatoms. The van der Waals surface area contributed by atoms with Gasteiger partial charge in [-0.2, -0.15) is 0 Å². The monoisotopic (exact) mass is 317 g/mol. The van der Waals surface area contributed by atoms with Crippen LogP contribution in [0.4, 0.5) is 0 Å². The lowest BCUT2D eigenvalue weighted by atomic mass is 10.0. The lowest BCUT2D eigenvalue weighted by molar-refractivity contribution is -0.127. The lowest BCUT2D eigenvalue weighted by Crippen LogP contribution is -2.38. The summed E-state index contributed by atoms with van der Waals surface area (Å²) in [5, 5.41) is 3.84. The number of carbonyl (C=O) groups is 1. The number of carbonyl (C=O) groups excluding carboxylic acids is 1. The number of ether oxygens (including phenoxy) is 1. The molecule has 1 amide bonds. The molecule has 0 aliphatic rings. The van der Waals surface area contributed by atoms with Gasteiger partial charge in [0.2, 0.25) is 0 Å². The van der Waals surface area contributed by atoms with E-state index in [1.165, 1.54) is 0 Å². The topological polar surface area (TPSA) is 38.3 Å². The van der Waals surface area contributed by atoms with Gasteiger partial charge in [-0.05, 0) is 31.0 Å². The molecule has 0 saturated carbocycles. The number of halogens is 2. The van der Waals surface area contributed by atoms with Gasteiger partial charge in [-0.25, -0.2) is 0 Å². The SMILES string of the molecule is CCC(CC)CNC(=O)C(C)Oc1ccc(Cl)cc1Cl. The number of hydrogen-bond donors (Lipinski definition) is 1. The average molecular weight is 318 g/mol. The fourth-order valence-electron chi connectivity index (χ4n) is 1.78. The Bertz CT molecular complexity index is 447. The molecule has 0 heterocycles. The largest absolute Gasteiger partial charge is 0.479 e. The Hall–Kier alpha value is -0.930. The van der Waals surface area contributed by atoms with Crippen LogP contribution in [0.1, 0.15) is 33.6 Å². The predicted octanol–water partition coefficient (Wildman–Crippen LogP) is 4.31. The standard InChI is InChI=1S/C15H21Cl2NO2/c1-4-11(5-2)9-18-15(19)10(3)20-14-7-6-12(16)8-13(14)17/h6-8,10-11H,4-5,9H2,1-3H3,(H,18,19). The van der Waals surface area contributed by atoms with Crippen molar-refractivity contribution in [3.63, 3.8) is 0 Å². The minimum absolute atomic E-state index is 0.136. The minimum atomic E-state index is -0.594. The smallest absolute Gasteiger partial charge is 0.260 e. The second kappa shape index (κ2) is 8.38.